The van der Waals surface area contributed by atoms with Crippen molar-refractivity contribution in [2.24, 2.45) is 0 Å². The van der Waals surface area contributed by atoms with Crippen molar-refractivity contribution in [1.82, 2.24) is 5.32 Å². The number of aliphatic hydroxyl groups is 1. The van der Waals surface area contributed by atoms with E-state index in [-0.39, 0.29) is 32.3 Å². The molecule has 2 N–H and O–H groups in total. The van der Waals surface area contributed by atoms with E-state index >= 15 is 0 Å². The van der Waals surface area contributed by atoms with E-state index in [0.29, 0.717) is 13.2 Å². The van der Waals surface area contributed by atoms with Gasteiger partial charge in [0.05, 0.1) is 33.0 Å². The second-order valence-electron chi connectivity index (χ2n) is 11.7. The first-order valence-electron chi connectivity index (χ1n) is 16.7. The molecule has 0 saturated carbocycles. The molecule has 0 saturated heterocycles. The molecule has 0 aromatic heterocycles. The van der Waals surface area contributed by atoms with Gasteiger partial charge in [-0.05, 0) is 28.7 Å². The van der Waals surface area contributed by atoms with Crippen LogP contribution in [0.2, 0.25) is 0 Å². The zero-order valence-electron chi connectivity index (χ0n) is 27.4. The van der Waals surface area contributed by atoms with Gasteiger partial charge in [0, 0.05) is 6.54 Å². The summed E-state index contributed by atoms with van der Waals surface area (Å²) in [6.45, 7) is 3.57. The fourth-order valence-electron chi connectivity index (χ4n) is 5.22. The summed E-state index contributed by atoms with van der Waals surface area (Å²) in [5.74, 6) is -0.304. The molecule has 4 rings (SSSR count). The monoisotopic (exact) mass is 639 g/mol. The van der Waals surface area contributed by atoms with Gasteiger partial charge in [0.25, 0.3) is 5.91 Å². The minimum Gasteiger partial charge on any atom is -0.388 e. The van der Waals surface area contributed by atoms with Crippen LogP contribution in [0.4, 0.5) is 0 Å². The van der Waals surface area contributed by atoms with Gasteiger partial charge in [0.2, 0.25) is 0 Å². The van der Waals surface area contributed by atoms with Crippen LogP contribution in [-0.2, 0) is 50.2 Å². The molecule has 7 heteroatoms. The van der Waals surface area contributed by atoms with E-state index in [2.05, 4.69) is 12.2 Å². The van der Waals surface area contributed by atoms with Gasteiger partial charge in [0.15, 0.2) is 6.10 Å². The summed E-state index contributed by atoms with van der Waals surface area (Å²) in [5.41, 5.74) is 3.77. The van der Waals surface area contributed by atoms with Crippen LogP contribution >= 0.6 is 0 Å². The van der Waals surface area contributed by atoms with E-state index in [1.807, 2.05) is 121 Å². The summed E-state index contributed by atoms with van der Waals surface area (Å²) >= 11 is 0. The summed E-state index contributed by atoms with van der Waals surface area (Å²) in [4.78, 5) is 14.0. The molecule has 7 nitrogen and oxygen atoms in total. The minimum atomic E-state index is -1.12. The molecule has 4 aromatic rings. The molecule has 0 spiro atoms. The number of amides is 1. The number of carbonyl (C=O) groups is 1. The maximum atomic E-state index is 14.0. The van der Waals surface area contributed by atoms with Gasteiger partial charge in [-0.1, -0.05) is 148 Å². The first-order chi connectivity index (χ1) is 23.1. The van der Waals surface area contributed by atoms with Gasteiger partial charge in [-0.3, -0.25) is 4.79 Å². The third kappa shape index (κ3) is 13.1. The number of hydrogen-bond acceptors (Lipinski definition) is 6. The van der Waals surface area contributed by atoms with Gasteiger partial charge in [-0.2, -0.15) is 0 Å². The Morgan fingerprint density at radius 2 is 1.04 bits per heavy atom. The Hall–Kier alpha value is -3.85. The molecule has 4 atom stereocenters. The lowest BCUT2D eigenvalue weighted by atomic mass is 10.0. The van der Waals surface area contributed by atoms with Crippen molar-refractivity contribution in [3.8, 4) is 0 Å². The summed E-state index contributed by atoms with van der Waals surface area (Å²) in [5, 5.41) is 14.8. The number of benzene rings is 4. The number of unbranched alkanes of at least 4 members (excludes halogenated alkanes) is 3. The van der Waals surface area contributed by atoms with Gasteiger partial charge in [-0.15, -0.1) is 0 Å². The van der Waals surface area contributed by atoms with E-state index in [1.54, 1.807) is 0 Å². The first kappa shape index (κ1) is 36.0. The van der Waals surface area contributed by atoms with E-state index < -0.39 is 24.4 Å². The molecular weight excluding hydrogens is 590 g/mol. The molecule has 0 heterocycles. The maximum absolute atomic E-state index is 14.0. The highest BCUT2D eigenvalue weighted by Gasteiger charge is 2.41. The summed E-state index contributed by atoms with van der Waals surface area (Å²) in [6, 6.07) is 39.0. The Bertz CT molecular complexity index is 1370. The van der Waals surface area contributed by atoms with Crippen LogP contribution in [0.3, 0.4) is 0 Å². The van der Waals surface area contributed by atoms with Crippen molar-refractivity contribution in [3.63, 3.8) is 0 Å². The van der Waals surface area contributed by atoms with Gasteiger partial charge < -0.3 is 29.4 Å². The molecule has 4 aromatic carbocycles. The smallest absolute Gasteiger partial charge is 0.251 e. The highest BCUT2D eigenvalue weighted by atomic mass is 16.6. The summed E-state index contributed by atoms with van der Waals surface area (Å²) in [7, 11) is 0. The number of aliphatic hydroxyl groups excluding tert-OH is 1. The molecule has 1 amide bonds. The minimum absolute atomic E-state index is 0.0242. The van der Waals surface area contributed by atoms with Gasteiger partial charge >= 0.3 is 0 Å². The van der Waals surface area contributed by atoms with Gasteiger partial charge in [-0.25, -0.2) is 0 Å². The number of rotatable bonds is 22. The third-order valence-corrected chi connectivity index (χ3v) is 7.83. The highest BCUT2D eigenvalue weighted by molar-refractivity contribution is 5.81. The second kappa shape index (κ2) is 21.1. The molecule has 0 aliphatic heterocycles. The van der Waals surface area contributed by atoms with Crippen LogP contribution in [-0.4, -0.2) is 48.6 Å². The molecule has 0 radical (unpaired) electrons. The summed E-state index contributed by atoms with van der Waals surface area (Å²) < 4.78 is 25.4. The highest BCUT2D eigenvalue weighted by Crippen LogP contribution is 2.22. The lowest BCUT2D eigenvalue weighted by Crippen LogP contribution is -2.55. The largest absolute Gasteiger partial charge is 0.388 e. The second-order valence-corrected chi connectivity index (χ2v) is 11.7. The quantitative estimate of drug-likeness (QED) is 0.0900. The Balaban J connectivity index is 1.61. The average molecular weight is 640 g/mol. The number of hydrogen-bond donors (Lipinski definition) is 2. The molecule has 0 bridgehead atoms. The average Bonchev–Trinajstić information content (AvgIpc) is 3.12. The van der Waals surface area contributed by atoms with Crippen molar-refractivity contribution in [3.05, 3.63) is 144 Å². The molecule has 0 aliphatic carbocycles. The van der Waals surface area contributed by atoms with Crippen molar-refractivity contribution in [1.29, 1.82) is 0 Å². The molecular formula is C40H49NO6. The number of ether oxygens (including phenoxy) is 4. The van der Waals surface area contributed by atoms with Crippen LogP contribution in [0.15, 0.2) is 121 Å². The topological polar surface area (TPSA) is 86.3 Å². The van der Waals surface area contributed by atoms with Crippen molar-refractivity contribution >= 4 is 5.91 Å². The molecule has 47 heavy (non-hydrogen) atoms. The molecule has 0 aliphatic rings. The van der Waals surface area contributed by atoms with Crippen molar-refractivity contribution in [2.75, 3.05) is 13.2 Å². The van der Waals surface area contributed by atoms with Crippen LogP contribution in [0.25, 0.3) is 0 Å². The summed E-state index contributed by atoms with van der Waals surface area (Å²) in [6.07, 6.45) is -0.00759. The molecule has 250 valence electrons. The predicted octanol–water partition coefficient (Wildman–Crippen LogP) is 7.02. The van der Waals surface area contributed by atoms with Crippen molar-refractivity contribution in [2.45, 2.75) is 83.5 Å². The normalized spacial score (nSPS) is 13.8. The fraction of sp³-hybridized carbons (Fsp3) is 0.375. The third-order valence-electron chi connectivity index (χ3n) is 7.83. The number of nitrogens with one attached hydrogen (secondary N) is 1. The fourth-order valence-corrected chi connectivity index (χ4v) is 5.22. The zero-order chi connectivity index (χ0) is 32.9. The Labute approximate surface area is 279 Å². The van der Waals surface area contributed by atoms with E-state index in [4.69, 9.17) is 18.9 Å². The Morgan fingerprint density at radius 1 is 0.596 bits per heavy atom. The van der Waals surface area contributed by atoms with Crippen LogP contribution in [0.5, 0.6) is 0 Å². The Kier molecular flexibility index (Phi) is 16.2. The predicted molar refractivity (Wildman–Crippen MR) is 184 cm³/mol. The van der Waals surface area contributed by atoms with Crippen molar-refractivity contribution < 1.29 is 28.8 Å². The lowest BCUT2D eigenvalue weighted by molar-refractivity contribution is -0.191. The maximum Gasteiger partial charge on any atom is 0.251 e. The van der Waals surface area contributed by atoms with E-state index in [1.165, 1.54) is 0 Å². The first-order valence-corrected chi connectivity index (χ1v) is 16.7. The van der Waals surface area contributed by atoms with Gasteiger partial charge in [0.1, 0.15) is 18.3 Å². The van der Waals surface area contributed by atoms with E-state index in [0.717, 1.165) is 47.9 Å². The Morgan fingerprint density at radius 3 is 1.53 bits per heavy atom. The van der Waals surface area contributed by atoms with Crippen LogP contribution in [0.1, 0.15) is 54.9 Å². The van der Waals surface area contributed by atoms with Crippen LogP contribution in [0, 0.1) is 0 Å². The molecule has 0 fully saturated rings. The lowest BCUT2D eigenvalue weighted by Gasteiger charge is -2.35. The number of carbonyl (C=O) groups excluding carboxylic acids is 1. The SMILES string of the molecule is CCCCCCNC(=O)[C@H](OCc1ccccc1)[C@@H](OCc1ccccc1)[C@H](OCc1ccccc1)[C@H](O)COCc1ccccc1. The standard InChI is InChI=1S/C40H49NO6/c1-2-3-4-17-26-41-40(43)39(47-30-35-24-15-8-16-25-35)38(46-29-34-22-13-7-14-23-34)37(45-28-33-20-11-6-12-21-33)36(42)31-44-27-32-18-9-5-10-19-32/h5-16,18-25,36-39,42H,2-4,17,26-31H2,1H3,(H,41,43)/t36-,37-,38+,39-/m1/s1. The molecule has 0 unspecified atom stereocenters. The van der Waals surface area contributed by atoms with Crippen LogP contribution < -0.4 is 5.32 Å². The zero-order valence-corrected chi connectivity index (χ0v) is 27.4. The van der Waals surface area contributed by atoms with E-state index in [9.17, 15) is 9.90 Å².